The number of hydrogen-bond donors (Lipinski definition) is 0. The lowest BCUT2D eigenvalue weighted by molar-refractivity contribution is 0.294. The van der Waals surface area contributed by atoms with Crippen molar-refractivity contribution < 1.29 is 0 Å². The Morgan fingerprint density at radius 1 is 1.38 bits per heavy atom. The van der Waals surface area contributed by atoms with Crippen LogP contribution < -0.4 is 0 Å². The zero-order valence-corrected chi connectivity index (χ0v) is 12.3. The van der Waals surface area contributed by atoms with E-state index < -0.39 is 0 Å². The van der Waals surface area contributed by atoms with Crippen LogP contribution in [0.1, 0.15) is 61.3 Å². The molecule has 0 radical (unpaired) electrons. The van der Waals surface area contributed by atoms with Crippen LogP contribution in [0.15, 0.2) is 12.2 Å². The molecule has 1 aliphatic carbocycles. The Balaban J connectivity index is 2.60. The summed E-state index contributed by atoms with van der Waals surface area (Å²) in [6, 6.07) is 0. The molecule has 1 saturated carbocycles. The molecule has 0 amide bonds. The zero-order chi connectivity index (χ0) is 12.6. The molecule has 1 rings (SSSR count). The number of hydrogen-bond acceptors (Lipinski definition) is 0. The van der Waals surface area contributed by atoms with Crippen LogP contribution in [0.3, 0.4) is 0 Å². The molecule has 0 heterocycles. The lowest BCUT2D eigenvalue weighted by Crippen LogP contribution is -2.19. The highest BCUT2D eigenvalue weighted by Crippen LogP contribution is 2.57. The van der Waals surface area contributed by atoms with Crippen LogP contribution in [-0.2, 0) is 0 Å². The van der Waals surface area contributed by atoms with Crippen LogP contribution >= 0.6 is 0 Å². The summed E-state index contributed by atoms with van der Waals surface area (Å²) in [5.74, 6) is 2.41. The van der Waals surface area contributed by atoms with Crippen LogP contribution in [0.25, 0.3) is 0 Å². The van der Waals surface area contributed by atoms with Crippen LogP contribution in [0.5, 0.6) is 0 Å². The van der Waals surface area contributed by atoms with Crippen molar-refractivity contribution in [3.05, 3.63) is 12.2 Å². The van der Waals surface area contributed by atoms with Gasteiger partial charge in [-0.05, 0) is 35.0 Å². The van der Waals surface area contributed by atoms with E-state index in [9.17, 15) is 0 Å². The highest BCUT2D eigenvalue weighted by Gasteiger charge is 2.49. The van der Waals surface area contributed by atoms with Crippen LogP contribution in [0.2, 0.25) is 0 Å². The third kappa shape index (κ3) is 2.70. The molecule has 4 atom stereocenters. The van der Waals surface area contributed by atoms with Gasteiger partial charge in [0.05, 0.1) is 0 Å². The van der Waals surface area contributed by atoms with Gasteiger partial charge in [-0.15, -0.1) is 0 Å². The minimum Gasteiger partial charge on any atom is -0.0846 e. The standard InChI is InChI=1S/C16H30/c1-8-12(2)15(5,6)10-9-13(3)16(7)11-14(16)4/h9-10,12-14H,8,11H2,1-7H3. The van der Waals surface area contributed by atoms with Gasteiger partial charge < -0.3 is 0 Å². The summed E-state index contributed by atoms with van der Waals surface area (Å²) in [6.45, 7) is 16.6. The topological polar surface area (TPSA) is 0 Å². The Morgan fingerprint density at radius 3 is 2.25 bits per heavy atom. The van der Waals surface area contributed by atoms with E-state index in [1.165, 1.54) is 12.8 Å². The first-order valence-corrected chi connectivity index (χ1v) is 6.93. The first-order chi connectivity index (χ1) is 7.24. The van der Waals surface area contributed by atoms with Gasteiger partial charge in [0.15, 0.2) is 0 Å². The Hall–Kier alpha value is -0.260. The first-order valence-electron chi connectivity index (χ1n) is 6.93. The molecular formula is C16H30. The van der Waals surface area contributed by atoms with Gasteiger partial charge in [-0.1, -0.05) is 67.0 Å². The summed E-state index contributed by atoms with van der Waals surface area (Å²) in [7, 11) is 0. The van der Waals surface area contributed by atoms with Crippen molar-refractivity contribution in [3.8, 4) is 0 Å². The number of allylic oxidation sites excluding steroid dienone is 2. The molecule has 0 aromatic carbocycles. The third-order valence-electron chi connectivity index (χ3n) is 5.45. The second-order valence-electron chi connectivity index (χ2n) is 6.89. The summed E-state index contributed by atoms with van der Waals surface area (Å²) in [6.07, 6.45) is 7.60. The molecule has 0 heteroatoms. The summed E-state index contributed by atoms with van der Waals surface area (Å²) >= 11 is 0. The van der Waals surface area contributed by atoms with Gasteiger partial charge in [-0.2, -0.15) is 0 Å². The van der Waals surface area contributed by atoms with Gasteiger partial charge in [-0.3, -0.25) is 0 Å². The highest BCUT2D eigenvalue weighted by molar-refractivity contribution is 5.09. The molecule has 0 aliphatic heterocycles. The van der Waals surface area contributed by atoms with Crippen molar-refractivity contribution in [1.29, 1.82) is 0 Å². The average molecular weight is 222 g/mol. The van der Waals surface area contributed by atoms with Crippen LogP contribution in [-0.4, -0.2) is 0 Å². The molecular weight excluding hydrogens is 192 g/mol. The molecule has 0 aromatic heterocycles. The van der Waals surface area contributed by atoms with E-state index in [1.54, 1.807) is 0 Å². The van der Waals surface area contributed by atoms with E-state index in [4.69, 9.17) is 0 Å². The maximum absolute atomic E-state index is 2.47. The molecule has 0 bridgehead atoms. The van der Waals surface area contributed by atoms with Crippen molar-refractivity contribution in [2.45, 2.75) is 61.3 Å². The van der Waals surface area contributed by atoms with E-state index in [-0.39, 0.29) is 0 Å². The molecule has 0 saturated heterocycles. The third-order valence-corrected chi connectivity index (χ3v) is 5.45. The zero-order valence-electron chi connectivity index (χ0n) is 12.3. The molecule has 94 valence electrons. The van der Waals surface area contributed by atoms with Crippen molar-refractivity contribution in [1.82, 2.24) is 0 Å². The van der Waals surface area contributed by atoms with E-state index >= 15 is 0 Å². The highest BCUT2D eigenvalue weighted by atomic mass is 14.5. The van der Waals surface area contributed by atoms with Gasteiger partial charge in [0.1, 0.15) is 0 Å². The Labute approximate surface area is 103 Å². The van der Waals surface area contributed by atoms with Crippen molar-refractivity contribution in [2.24, 2.45) is 28.6 Å². The summed E-state index contributed by atoms with van der Waals surface area (Å²) < 4.78 is 0. The Kier molecular flexibility index (Phi) is 3.92. The van der Waals surface area contributed by atoms with Crippen LogP contribution in [0, 0.1) is 28.6 Å². The van der Waals surface area contributed by atoms with E-state index in [0.717, 1.165) is 17.8 Å². The fourth-order valence-electron chi connectivity index (χ4n) is 2.54. The SMILES string of the molecule is CCC(C)C(C)(C)C=CC(C)C1(C)CC1C. The molecule has 1 aliphatic rings. The second-order valence-corrected chi connectivity index (χ2v) is 6.89. The fourth-order valence-corrected chi connectivity index (χ4v) is 2.54. The minimum atomic E-state index is 0.345. The van der Waals surface area contributed by atoms with Crippen molar-refractivity contribution in [3.63, 3.8) is 0 Å². The van der Waals surface area contributed by atoms with Crippen molar-refractivity contribution >= 4 is 0 Å². The largest absolute Gasteiger partial charge is 0.0846 e. The van der Waals surface area contributed by atoms with E-state index in [2.05, 4.69) is 60.6 Å². The Bertz CT molecular complexity index is 261. The van der Waals surface area contributed by atoms with Crippen molar-refractivity contribution in [2.75, 3.05) is 0 Å². The molecule has 0 spiro atoms. The normalized spacial score (nSPS) is 34.1. The van der Waals surface area contributed by atoms with Crippen LogP contribution in [0.4, 0.5) is 0 Å². The molecule has 0 aromatic rings. The lowest BCUT2D eigenvalue weighted by Gasteiger charge is -2.28. The maximum Gasteiger partial charge on any atom is -0.0149 e. The summed E-state index contributed by atoms with van der Waals surface area (Å²) in [5, 5.41) is 0. The minimum absolute atomic E-state index is 0.345. The van der Waals surface area contributed by atoms with E-state index in [1.807, 2.05) is 0 Å². The van der Waals surface area contributed by atoms with Gasteiger partial charge in [-0.25, -0.2) is 0 Å². The summed E-state index contributed by atoms with van der Waals surface area (Å²) in [5.41, 5.74) is 0.930. The smallest absolute Gasteiger partial charge is 0.0149 e. The fraction of sp³-hybridized carbons (Fsp3) is 0.875. The maximum atomic E-state index is 2.47. The Morgan fingerprint density at radius 2 is 1.88 bits per heavy atom. The summed E-state index contributed by atoms with van der Waals surface area (Å²) in [4.78, 5) is 0. The molecule has 0 nitrogen and oxygen atoms in total. The van der Waals surface area contributed by atoms with Gasteiger partial charge in [0, 0.05) is 0 Å². The van der Waals surface area contributed by atoms with Gasteiger partial charge in [0.25, 0.3) is 0 Å². The average Bonchev–Trinajstić information content (AvgIpc) is 2.83. The van der Waals surface area contributed by atoms with Gasteiger partial charge in [0.2, 0.25) is 0 Å². The van der Waals surface area contributed by atoms with Gasteiger partial charge >= 0.3 is 0 Å². The molecule has 4 unspecified atom stereocenters. The second kappa shape index (κ2) is 4.55. The lowest BCUT2D eigenvalue weighted by atomic mass is 9.77. The monoisotopic (exact) mass is 222 g/mol. The first kappa shape index (κ1) is 13.8. The van der Waals surface area contributed by atoms with E-state index in [0.29, 0.717) is 10.8 Å². The predicted molar refractivity (Wildman–Crippen MR) is 73.4 cm³/mol. The molecule has 16 heavy (non-hydrogen) atoms. The quantitative estimate of drug-likeness (QED) is 0.554. The number of rotatable bonds is 5. The predicted octanol–water partition coefficient (Wildman–Crippen LogP) is 5.30. The molecule has 0 N–H and O–H groups in total. The molecule has 1 fully saturated rings.